The molecule has 0 radical (unpaired) electrons. The molecule has 1 unspecified atom stereocenters. The highest BCUT2D eigenvalue weighted by atomic mass is 79.9. The van der Waals surface area contributed by atoms with E-state index in [1.165, 1.54) is 6.07 Å². The van der Waals surface area contributed by atoms with Crippen LogP contribution in [0.5, 0.6) is 0 Å². The van der Waals surface area contributed by atoms with Crippen LogP contribution in [-0.4, -0.2) is 4.98 Å². The summed E-state index contributed by atoms with van der Waals surface area (Å²) in [6, 6.07) is 11.3. The number of hydrogen-bond acceptors (Lipinski definition) is 2. The third-order valence-electron chi connectivity index (χ3n) is 3.41. The first kappa shape index (κ1) is 14.1. The molecule has 106 valence electrons. The Morgan fingerprint density at radius 3 is 2.62 bits per heavy atom. The van der Waals surface area contributed by atoms with Crippen molar-refractivity contribution >= 4 is 26.8 Å². The van der Waals surface area contributed by atoms with Gasteiger partial charge in [-0.1, -0.05) is 24.3 Å². The highest BCUT2D eigenvalue weighted by Crippen LogP contribution is 2.32. The third kappa shape index (κ3) is 2.43. The van der Waals surface area contributed by atoms with Crippen molar-refractivity contribution < 1.29 is 8.78 Å². The molecule has 0 fully saturated rings. The maximum Gasteiger partial charge on any atom is 0.173 e. The molecule has 0 amide bonds. The monoisotopic (exact) mass is 348 g/mol. The van der Waals surface area contributed by atoms with E-state index in [1.807, 2.05) is 30.3 Å². The zero-order chi connectivity index (χ0) is 15.0. The third-order valence-corrected chi connectivity index (χ3v) is 4.22. The number of nitrogens with zero attached hydrogens (tertiary/aromatic N) is 1. The Labute approximate surface area is 128 Å². The molecule has 5 heteroatoms. The van der Waals surface area contributed by atoms with E-state index in [0.717, 1.165) is 22.5 Å². The number of hydrogen-bond donors (Lipinski definition) is 1. The second-order valence-electron chi connectivity index (χ2n) is 4.66. The van der Waals surface area contributed by atoms with E-state index in [9.17, 15) is 8.78 Å². The Morgan fingerprint density at radius 1 is 1.00 bits per heavy atom. The normalized spacial score (nSPS) is 12.6. The Bertz CT molecular complexity index is 815. The molecule has 0 aliphatic rings. The number of benzene rings is 2. The molecule has 0 bridgehead atoms. The molecule has 3 aromatic rings. The summed E-state index contributed by atoms with van der Waals surface area (Å²) in [6.07, 6.45) is 1.70. The van der Waals surface area contributed by atoms with Crippen molar-refractivity contribution in [2.24, 2.45) is 5.73 Å². The molecule has 0 aliphatic heterocycles. The Kier molecular flexibility index (Phi) is 3.69. The van der Waals surface area contributed by atoms with Crippen LogP contribution in [0.25, 0.3) is 10.9 Å². The second-order valence-corrected chi connectivity index (χ2v) is 5.45. The summed E-state index contributed by atoms with van der Waals surface area (Å²) in [5.74, 6) is -1.83. The summed E-state index contributed by atoms with van der Waals surface area (Å²) in [7, 11) is 0. The summed E-state index contributed by atoms with van der Waals surface area (Å²) in [6.45, 7) is 0. The van der Waals surface area contributed by atoms with Gasteiger partial charge < -0.3 is 5.73 Å². The van der Waals surface area contributed by atoms with Crippen molar-refractivity contribution in [1.29, 1.82) is 0 Å². The molecular formula is C16H11BrF2N2. The van der Waals surface area contributed by atoms with Crippen molar-refractivity contribution in [3.05, 3.63) is 75.9 Å². The molecule has 0 aliphatic carbocycles. The molecule has 2 nitrogen and oxygen atoms in total. The van der Waals surface area contributed by atoms with Crippen LogP contribution >= 0.6 is 15.9 Å². The molecule has 3 rings (SSSR count). The van der Waals surface area contributed by atoms with Gasteiger partial charge in [-0.15, -0.1) is 0 Å². The molecule has 2 N–H and O–H groups in total. The lowest BCUT2D eigenvalue weighted by Crippen LogP contribution is -2.14. The number of halogens is 3. The van der Waals surface area contributed by atoms with Crippen LogP contribution in [0.2, 0.25) is 0 Å². The van der Waals surface area contributed by atoms with E-state index in [1.54, 1.807) is 6.20 Å². The van der Waals surface area contributed by atoms with Crippen LogP contribution < -0.4 is 5.73 Å². The quantitative estimate of drug-likeness (QED) is 0.700. The highest BCUT2D eigenvalue weighted by molar-refractivity contribution is 9.10. The van der Waals surface area contributed by atoms with Crippen LogP contribution in [-0.2, 0) is 0 Å². The molecule has 1 aromatic heterocycles. The summed E-state index contributed by atoms with van der Waals surface area (Å²) in [5, 5.41) is 0.893. The number of pyridine rings is 1. The topological polar surface area (TPSA) is 38.9 Å². The van der Waals surface area contributed by atoms with Gasteiger partial charge in [-0.05, 0) is 45.3 Å². The van der Waals surface area contributed by atoms with Gasteiger partial charge in [0.25, 0.3) is 0 Å². The maximum atomic E-state index is 13.7. The lowest BCUT2D eigenvalue weighted by atomic mass is 9.96. The lowest BCUT2D eigenvalue weighted by molar-refractivity contribution is 0.501. The number of rotatable bonds is 2. The first-order chi connectivity index (χ1) is 10.1. The lowest BCUT2D eigenvalue weighted by Gasteiger charge is -2.17. The van der Waals surface area contributed by atoms with Crippen molar-refractivity contribution in [3.8, 4) is 0 Å². The van der Waals surface area contributed by atoms with Gasteiger partial charge in [0.15, 0.2) is 11.6 Å². The molecule has 1 heterocycles. The summed E-state index contributed by atoms with van der Waals surface area (Å²) >= 11 is 3.08. The Morgan fingerprint density at radius 2 is 1.81 bits per heavy atom. The standard InChI is InChI=1S/C16H11BrF2N2/c17-14-11(6-7-12(18)15(14)19)16(20)10-3-1-5-13-9(10)4-2-8-21-13/h1-8,16H,20H2. The fourth-order valence-corrected chi connectivity index (χ4v) is 2.92. The highest BCUT2D eigenvalue weighted by Gasteiger charge is 2.19. The number of aromatic nitrogens is 1. The second kappa shape index (κ2) is 5.50. The molecular weight excluding hydrogens is 338 g/mol. The smallest absolute Gasteiger partial charge is 0.173 e. The van der Waals surface area contributed by atoms with E-state index in [0.29, 0.717) is 5.56 Å². The van der Waals surface area contributed by atoms with Crippen LogP contribution in [0.1, 0.15) is 17.2 Å². The van der Waals surface area contributed by atoms with Gasteiger partial charge in [0.05, 0.1) is 16.0 Å². The van der Waals surface area contributed by atoms with Gasteiger partial charge in [0.1, 0.15) is 0 Å². The summed E-state index contributed by atoms with van der Waals surface area (Å²) in [5.41, 5.74) is 8.37. The van der Waals surface area contributed by atoms with Gasteiger partial charge >= 0.3 is 0 Å². The van der Waals surface area contributed by atoms with Crippen molar-refractivity contribution in [1.82, 2.24) is 4.98 Å². The Balaban J connectivity index is 2.17. The predicted octanol–water partition coefficient (Wildman–Crippen LogP) is 4.32. The minimum atomic E-state index is -0.929. The summed E-state index contributed by atoms with van der Waals surface area (Å²) < 4.78 is 27.0. The average molecular weight is 349 g/mol. The minimum Gasteiger partial charge on any atom is -0.320 e. The van der Waals surface area contributed by atoms with Crippen molar-refractivity contribution in [2.75, 3.05) is 0 Å². The number of nitrogens with two attached hydrogens (primary N) is 1. The zero-order valence-electron chi connectivity index (χ0n) is 10.9. The van der Waals surface area contributed by atoms with E-state index >= 15 is 0 Å². The SMILES string of the molecule is NC(c1ccc(F)c(F)c1Br)c1cccc2ncccc12. The van der Waals surface area contributed by atoms with Crippen molar-refractivity contribution in [3.63, 3.8) is 0 Å². The van der Waals surface area contributed by atoms with Crippen LogP contribution in [0.15, 0.2) is 53.1 Å². The first-order valence-electron chi connectivity index (χ1n) is 6.32. The van der Waals surface area contributed by atoms with E-state index in [4.69, 9.17) is 5.73 Å². The Hall–Kier alpha value is -1.85. The van der Waals surface area contributed by atoms with E-state index < -0.39 is 17.7 Å². The van der Waals surface area contributed by atoms with Crippen LogP contribution in [0.3, 0.4) is 0 Å². The van der Waals surface area contributed by atoms with Gasteiger partial charge in [-0.25, -0.2) is 8.78 Å². The maximum absolute atomic E-state index is 13.7. The van der Waals surface area contributed by atoms with E-state index in [2.05, 4.69) is 20.9 Å². The number of fused-ring (bicyclic) bond motifs is 1. The van der Waals surface area contributed by atoms with Gasteiger partial charge in [0.2, 0.25) is 0 Å². The molecule has 1 atom stereocenters. The summed E-state index contributed by atoms with van der Waals surface area (Å²) in [4.78, 5) is 4.27. The molecule has 21 heavy (non-hydrogen) atoms. The molecule has 0 saturated carbocycles. The van der Waals surface area contributed by atoms with Gasteiger partial charge in [-0.3, -0.25) is 4.98 Å². The van der Waals surface area contributed by atoms with Crippen LogP contribution in [0.4, 0.5) is 8.78 Å². The first-order valence-corrected chi connectivity index (χ1v) is 7.11. The van der Waals surface area contributed by atoms with E-state index in [-0.39, 0.29) is 4.47 Å². The minimum absolute atomic E-state index is 0.0518. The van der Waals surface area contributed by atoms with Gasteiger partial charge in [-0.2, -0.15) is 0 Å². The molecule has 2 aromatic carbocycles. The molecule has 0 spiro atoms. The van der Waals surface area contributed by atoms with Crippen LogP contribution in [0, 0.1) is 11.6 Å². The zero-order valence-corrected chi connectivity index (χ0v) is 12.4. The van der Waals surface area contributed by atoms with Crippen molar-refractivity contribution in [2.45, 2.75) is 6.04 Å². The average Bonchev–Trinajstić information content (AvgIpc) is 2.51. The predicted molar refractivity (Wildman–Crippen MR) is 81.8 cm³/mol. The molecule has 0 saturated heterocycles. The largest absolute Gasteiger partial charge is 0.320 e. The van der Waals surface area contributed by atoms with Gasteiger partial charge in [0, 0.05) is 11.6 Å². The fraction of sp³-hybridized carbons (Fsp3) is 0.0625. The fourth-order valence-electron chi connectivity index (χ4n) is 2.35.